The summed E-state index contributed by atoms with van der Waals surface area (Å²) in [6.07, 6.45) is 3.26. The van der Waals surface area contributed by atoms with Crippen molar-refractivity contribution in [3.05, 3.63) is 70.8 Å². The molecule has 0 amide bonds. The van der Waals surface area contributed by atoms with E-state index in [9.17, 15) is 8.78 Å². The van der Waals surface area contributed by atoms with Crippen LogP contribution >= 0.6 is 0 Å². The molecule has 0 saturated heterocycles. The van der Waals surface area contributed by atoms with Crippen LogP contribution in [0.3, 0.4) is 0 Å². The lowest BCUT2D eigenvalue weighted by Gasteiger charge is -2.26. The topological polar surface area (TPSA) is 12.0 Å². The van der Waals surface area contributed by atoms with E-state index in [4.69, 9.17) is 0 Å². The number of hydrogen-bond donors (Lipinski definition) is 1. The van der Waals surface area contributed by atoms with Gasteiger partial charge in [0.05, 0.1) is 0 Å². The quantitative estimate of drug-likeness (QED) is 0.886. The predicted octanol–water partition coefficient (Wildman–Crippen LogP) is 4.13. The Hall–Kier alpha value is -1.74. The maximum Gasteiger partial charge on any atom is 0.163 e. The van der Waals surface area contributed by atoms with Crippen LogP contribution in [0.15, 0.2) is 42.5 Å². The Morgan fingerprint density at radius 1 is 1.05 bits per heavy atom. The minimum absolute atomic E-state index is 0.225. The molecule has 1 nitrogen and oxygen atoms in total. The fourth-order valence-corrected chi connectivity index (χ4v) is 2.88. The van der Waals surface area contributed by atoms with E-state index >= 15 is 0 Å². The Balaban J connectivity index is 1.75. The van der Waals surface area contributed by atoms with Gasteiger partial charge in [0.1, 0.15) is 0 Å². The molecule has 1 unspecified atom stereocenters. The van der Waals surface area contributed by atoms with Crippen molar-refractivity contribution in [3.8, 4) is 0 Å². The molecule has 0 radical (unpaired) electrons. The van der Waals surface area contributed by atoms with Crippen molar-refractivity contribution in [1.29, 1.82) is 0 Å². The summed E-state index contributed by atoms with van der Waals surface area (Å²) in [6, 6.07) is 12.9. The van der Waals surface area contributed by atoms with Crippen LogP contribution < -0.4 is 5.32 Å². The van der Waals surface area contributed by atoms with Crippen LogP contribution in [-0.2, 0) is 13.0 Å². The van der Waals surface area contributed by atoms with Gasteiger partial charge in [-0.2, -0.15) is 0 Å². The number of halogens is 2. The average Bonchev–Trinajstić information content (AvgIpc) is 2.49. The molecule has 1 N–H and O–H groups in total. The summed E-state index contributed by atoms with van der Waals surface area (Å²) >= 11 is 0. The van der Waals surface area contributed by atoms with E-state index in [2.05, 4.69) is 17.4 Å². The van der Waals surface area contributed by atoms with Gasteiger partial charge in [-0.1, -0.05) is 36.4 Å². The second-order valence-corrected chi connectivity index (χ2v) is 5.24. The Bertz CT molecular complexity index is 610. The zero-order valence-corrected chi connectivity index (χ0v) is 11.2. The van der Waals surface area contributed by atoms with Crippen LogP contribution in [0.25, 0.3) is 0 Å². The van der Waals surface area contributed by atoms with Crippen LogP contribution in [0, 0.1) is 11.6 Å². The Morgan fingerprint density at radius 3 is 2.80 bits per heavy atom. The fourth-order valence-electron chi connectivity index (χ4n) is 2.88. The van der Waals surface area contributed by atoms with Gasteiger partial charge in [-0.25, -0.2) is 8.78 Å². The third-order valence-corrected chi connectivity index (χ3v) is 3.94. The van der Waals surface area contributed by atoms with E-state index in [1.165, 1.54) is 11.1 Å². The summed E-state index contributed by atoms with van der Waals surface area (Å²) in [6.45, 7) is 0.350. The summed E-state index contributed by atoms with van der Waals surface area (Å²) in [5, 5.41) is 3.36. The van der Waals surface area contributed by atoms with Crippen molar-refractivity contribution >= 4 is 0 Å². The molecule has 1 aliphatic carbocycles. The standard InChI is InChI=1S/C17H17F2N/c18-15-9-3-7-13(17(15)19)11-20-16-10-4-6-12-5-1-2-8-14(12)16/h1-3,5,7-9,16,20H,4,6,10-11H2. The highest BCUT2D eigenvalue weighted by atomic mass is 19.2. The van der Waals surface area contributed by atoms with Crippen LogP contribution in [-0.4, -0.2) is 0 Å². The summed E-state index contributed by atoms with van der Waals surface area (Å²) in [7, 11) is 0. The minimum atomic E-state index is -0.784. The molecular formula is C17H17F2N. The van der Waals surface area contributed by atoms with Gasteiger partial charge in [-0.05, 0) is 36.5 Å². The molecule has 0 aliphatic heterocycles. The average molecular weight is 273 g/mol. The number of benzene rings is 2. The van der Waals surface area contributed by atoms with Gasteiger partial charge < -0.3 is 5.32 Å². The fraction of sp³-hybridized carbons (Fsp3) is 0.294. The highest BCUT2D eigenvalue weighted by Crippen LogP contribution is 2.29. The Morgan fingerprint density at radius 2 is 1.90 bits per heavy atom. The molecular weight excluding hydrogens is 256 g/mol. The lowest BCUT2D eigenvalue weighted by atomic mass is 9.87. The predicted molar refractivity (Wildman–Crippen MR) is 75.3 cm³/mol. The number of rotatable bonds is 3. The van der Waals surface area contributed by atoms with E-state index < -0.39 is 11.6 Å². The Labute approximate surface area is 117 Å². The third kappa shape index (κ3) is 2.59. The SMILES string of the molecule is Fc1cccc(CNC2CCCc3ccccc32)c1F. The van der Waals surface area contributed by atoms with Crippen LogP contribution in [0.5, 0.6) is 0 Å². The summed E-state index contributed by atoms with van der Waals surface area (Å²) in [5.41, 5.74) is 3.03. The molecule has 20 heavy (non-hydrogen) atoms. The van der Waals surface area contributed by atoms with Gasteiger partial charge in [0.25, 0.3) is 0 Å². The largest absolute Gasteiger partial charge is 0.306 e. The van der Waals surface area contributed by atoms with Crippen LogP contribution in [0.1, 0.15) is 35.6 Å². The van der Waals surface area contributed by atoms with E-state index in [0.717, 1.165) is 25.3 Å². The maximum absolute atomic E-state index is 13.6. The molecule has 0 aromatic heterocycles. The van der Waals surface area contributed by atoms with Crippen molar-refractivity contribution in [2.24, 2.45) is 0 Å². The molecule has 0 spiro atoms. The van der Waals surface area contributed by atoms with E-state index in [0.29, 0.717) is 12.1 Å². The maximum atomic E-state index is 13.6. The second-order valence-electron chi connectivity index (χ2n) is 5.24. The molecule has 2 aromatic rings. The first kappa shape index (κ1) is 13.3. The first-order valence-electron chi connectivity index (χ1n) is 7.00. The molecule has 3 heteroatoms. The normalized spacial score (nSPS) is 17.8. The lowest BCUT2D eigenvalue weighted by molar-refractivity contribution is 0.443. The summed E-state index contributed by atoms with van der Waals surface area (Å²) in [5.74, 6) is -1.53. The van der Waals surface area contributed by atoms with E-state index in [-0.39, 0.29) is 6.04 Å². The number of nitrogens with one attached hydrogen (secondary N) is 1. The first-order chi connectivity index (χ1) is 9.75. The van der Waals surface area contributed by atoms with Crippen LogP contribution in [0.4, 0.5) is 8.78 Å². The summed E-state index contributed by atoms with van der Waals surface area (Å²) < 4.78 is 26.8. The van der Waals surface area contributed by atoms with E-state index in [1.807, 2.05) is 12.1 Å². The first-order valence-corrected chi connectivity index (χ1v) is 7.00. The monoisotopic (exact) mass is 273 g/mol. The lowest BCUT2D eigenvalue weighted by Crippen LogP contribution is -2.25. The van der Waals surface area contributed by atoms with Gasteiger partial charge in [-0.3, -0.25) is 0 Å². The number of fused-ring (bicyclic) bond motifs is 1. The summed E-state index contributed by atoms with van der Waals surface area (Å²) in [4.78, 5) is 0. The van der Waals surface area contributed by atoms with Gasteiger partial charge in [0.2, 0.25) is 0 Å². The molecule has 104 valence electrons. The smallest absolute Gasteiger partial charge is 0.163 e. The van der Waals surface area contributed by atoms with E-state index in [1.54, 1.807) is 12.1 Å². The number of aryl methyl sites for hydroxylation is 1. The molecule has 1 atom stereocenters. The Kier molecular flexibility index (Phi) is 3.79. The molecule has 3 rings (SSSR count). The van der Waals surface area contributed by atoms with Crippen molar-refractivity contribution < 1.29 is 8.78 Å². The van der Waals surface area contributed by atoms with Crippen molar-refractivity contribution in [3.63, 3.8) is 0 Å². The molecule has 2 aromatic carbocycles. The van der Waals surface area contributed by atoms with Crippen molar-refractivity contribution in [1.82, 2.24) is 5.32 Å². The van der Waals surface area contributed by atoms with Gasteiger partial charge in [0.15, 0.2) is 11.6 Å². The zero-order valence-electron chi connectivity index (χ0n) is 11.2. The second kappa shape index (κ2) is 5.71. The van der Waals surface area contributed by atoms with Crippen molar-refractivity contribution in [2.75, 3.05) is 0 Å². The molecule has 0 fully saturated rings. The minimum Gasteiger partial charge on any atom is -0.306 e. The number of hydrogen-bond acceptors (Lipinski definition) is 1. The molecule has 0 saturated carbocycles. The van der Waals surface area contributed by atoms with Gasteiger partial charge in [0, 0.05) is 18.2 Å². The molecule has 0 heterocycles. The van der Waals surface area contributed by atoms with Gasteiger partial charge >= 0.3 is 0 Å². The third-order valence-electron chi connectivity index (χ3n) is 3.94. The van der Waals surface area contributed by atoms with Crippen molar-refractivity contribution in [2.45, 2.75) is 31.8 Å². The zero-order chi connectivity index (χ0) is 13.9. The highest BCUT2D eigenvalue weighted by Gasteiger charge is 2.19. The van der Waals surface area contributed by atoms with Crippen LogP contribution in [0.2, 0.25) is 0 Å². The highest BCUT2D eigenvalue weighted by molar-refractivity contribution is 5.32. The molecule has 0 bridgehead atoms. The van der Waals surface area contributed by atoms with Gasteiger partial charge in [-0.15, -0.1) is 0 Å². The molecule has 1 aliphatic rings.